The minimum atomic E-state index is 0.461. The third kappa shape index (κ3) is 1.26. The van der Waals surface area contributed by atoms with Gasteiger partial charge in [-0.2, -0.15) is 5.10 Å². The predicted molar refractivity (Wildman–Crippen MR) is 53.7 cm³/mol. The second kappa shape index (κ2) is 2.76. The van der Waals surface area contributed by atoms with E-state index in [0.29, 0.717) is 11.7 Å². The summed E-state index contributed by atoms with van der Waals surface area (Å²) in [6.45, 7) is 4.29. The van der Waals surface area contributed by atoms with Crippen molar-refractivity contribution in [2.75, 3.05) is 5.73 Å². The van der Waals surface area contributed by atoms with Crippen molar-refractivity contribution in [2.24, 2.45) is 0 Å². The van der Waals surface area contributed by atoms with Crippen LogP contribution < -0.4 is 5.73 Å². The van der Waals surface area contributed by atoms with Crippen LogP contribution in [0.3, 0.4) is 0 Å². The summed E-state index contributed by atoms with van der Waals surface area (Å²) < 4.78 is 1.90. The number of pyridine rings is 1. The van der Waals surface area contributed by atoms with Crippen LogP contribution in [0.5, 0.6) is 0 Å². The van der Waals surface area contributed by atoms with Gasteiger partial charge in [-0.05, 0) is 18.1 Å². The molecule has 2 rings (SSSR count). The van der Waals surface area contributed by atoms with Crippen molar-refractivity contribution in [2.45, 2.75) is 19.8 Å². The van der Waals surface area contributed by atoms with Crippen molar-refractivity contribution >= 4 is 11.3 Å². The number of hydrogen-bond donors (Lipinski definition) is 1. The monoisotopic (exact) mass is 175 g/mol. The Bertz CT molecular complexity index is 429. The average Bonchev–Trinajstić information content (AvgIpc) is 2.43. The van der Waals surface area contributed by atoms with Crippen molar-refractivity contribution < 1.29 is 0 Å². The van der Waals surface area contributed by atoms with E-state index in [9.17, 15) is 0 Å². The van der Waals surface area contributed by atoms with Crippen LogP contribution in [0.1, 0.15) is 25.5 Å². The van der Waals surface area contributed by atoms with Gasteiger partial charge >= 0.3 is 0 Å². The van der Waals surface area contributed by atoms with E-state index < -0.39 is 0 Å². The molecule has 0 bridgehead atoms. The fraction of sp³-hybridized carbons (Fsp3) is 0.300. The fourth-order valence-electron chi connectivity index (χ4n) is 1.49. The minimum absolute atomic E-state index is 0.461. The zero-order chi connectivity index (χ0) is 9.42. The highest BCUT2D eigenvalue weighted by Crippen LogP contribution is 2.17. The highest BCUT2D eigenvalue weighted by atomic mass is 15.3. The number of rotatable bonds is 1. The van der Waals surface area contributed by atoms with E-state index in [1.54, 1.807) is 0 Å². The maximum absolute atomic E-state index is 5.63. The van der Waals surface area contributed by atoms with Crippen molar-refractivity contribution in [3.05, 3.63) is 30.0 Å². The Hall–Kier alpha value is -1.51. The Morgan fingerprint density at radius 2 is 2.15 bits per heavy atom. The summed E-state index contributed by atoms with van der Waals surface area (Å²) in [5.74, 6) is 1.04. The fourth-order valence-corrected chi connectivity index (χ4v) is 1.49. The molecule has 0 aliphatic rings. The minimum Gasteiger partial charge on any atom is -0.382 e. The highest BCUT2D eigenvalue weighted by molar-refractivity contribution is 5.54. The van der Waals surface area contributed by atoms with Gasteiger partial charge in [-0.3, -0.25) is 0 Å². The van der Waals surface area contributed by atoms with Gasteiger partial charge in [-0.15, -0.1) is 0 Å². The van der Waals surface area contributed by atoms with Crippen LogP contribution in [0.2, 0.25) is 0 Å². The van der Waals surface area contributed by atoms with Crippen LogP contribution in [-0.2, 0) is 0 Å². The van der Waals surface area contributed by atoms with Crippen LogP contribution in [0.15, 0.2) is 24.3 Å². The van der Waals surface area contributed by atoms with Crippen molar-refractivity contribution in [3.8, 4) is 0 Å². The summed E-state index contributed by atoms with van der Waals surface area (Å²) in [7, 11) is 0. The van der Waals surface area contributed by atoms with Crippen LogP contribution in [0, 0.1) is 0 Å². The average molecular weight is 175 g/mol. The van der Waals surface area contributed by atoms with Gasteiger partial charge in [0.25, 0.3) is 0 Å². The largest absolute Gasteiger partial charge is 0.382 e. The van der Waals surface area contributed by atoms with E-state index in [2.05, 4.69) is 25.0 Å². The summed E-state index contributed by atoms with van der Waals surface area (Å²) in [5.41, 5.74) is 7.88. The lowest BCUT2D eigenvalue weighted by atomic mass is 10.1. The molecule has 2 aromatic heterocycles. The van der Waals surface area contributed by atoms with E-state index in [-0.39, 0.29) is 0 Å². The molecule has 2 heterocycles. The summed E-state index contributed by atoms with van der Waals surface area (Å²) >= 11 is 0. The second-order valence-electron chi connectivity index (χ2n) is 3.51. The first kappa shape index (κ1) is 8.10. The molecular formula is C10H13N3. The molecule has 13 heavy (non-hydrogen) atoms. The van der Waals surface area contributed by atoms with Gasteiger partial charge in [0.05, 0.1) is 5.52 Å². The maximum atomic E-state index is 5.63. The third-order valence-electron chi connectivity index (χ3n) is 2.13. The first-order valence-corrected chi connectivity index (χ1v) is 4.42. The summed E-state index contributed by atoms with van der Waals surface area (Å²) in [6, 6.07) is 8.00. The molecule has 3 nitrogen and oxygen atoms in total. The lowest BCUT2D eigenvalue weighted by molar-refractivity contribution is 0.759. The number of aromatic nitrogens is 2. The van der Waals surface area contributed by atoms with Crippen LogP contribution in [0.4, 0.5) is 5.82 Å². The van der Waals surface area contributed by atoms with Gasteiger partial charge in [-0.25, -0.2) is 4.52 Å². The summed E-state index contributed by atoms with van der Waals surface area (Å²) in [5, 5.41) is 4.23. The molecule has 0 radical (unpaired) electrons. The van der Waals surface area contributed by atoms with Crippen molar-refractivity contribution in [3.63, 3.8) is 0 Å². The first-order valence-electron chi connectivity index (χ1n) is 4.42. The van der Waals surface area contributed by atoms with E-state index in [4.69, 9.17) is 5.73 Å². The van der Waals surface area contributed by atoms with Gasteiger partial charge in [0.1, 0.15) is 5.82 Å². The smallest absolute Gasteiger partial charge is 0.146 e. The molecular weight excluding hydrogens is 162 g/mol. The van der Waals surface area contributed by atoms with Crippen LogP contribution in [-0.4, -0.2) is 9.61 Å². The molecule has 2 aromatic rings. The van der Waals surface area contributed by atoms with Crippen LogP contribution >= 0.6 is 0 Å². The summed E-state index contributed by atoms with van der Waals surface area (Å²) in [6.07, 6.45) is 0. The Kier molecular flexibility index (Phi) is 1.72. The second-order valence-corrected chi connectivity index (χ2v) is 3.51. The molecule has 0 spiro atoms. The number of nitrogens with zero attached hydrogens (tertiary/aromatic N) is 2. The molecule has 0 amide bonds. The van der Waals surface area contributed by atoms with Crippen molar-refractivity contribution in [1.29, 1.82) is 0 Å². The van der Waals surface area contributed by atoms with E-state index in [0.717, 1.165) is 5.52 Å². The van der Waals surface area contributed by atoms with Gasteiger partial charge in [0.15, 0.2) is 0 Å². The zero-order valence-electron chi connectivity index (χ0n) is 7.86. The lowest BCUT2D eigenvalue weighted by Crippen LogP contribution is -2.00. The van der Waals surface area contributed by atoms with Gasteiger partial charge in [0, 0.05) is 11.8 Å². The SMILES string of the molecule is CC(C)c1cccc2cc(N)nn12. The molecule has 0 aromatic carbocycles. The third-order valence-corrected chi connectivity index (χ3v) is 2.13. The molecule has 0 aliphatic heterocycles. The molecule has 0 saturated carbocycles. The standard InChI is InChI=1S/C10H13N3/c1-7(2)9-5-3-4-8-6-10(11)12-13(8)9/h3-7H,1-2H3,(H2,11,12). The Labute approximate surface area is 77.2 Å². The van der Waals surface area contributed by atoms with E-state index in [1.807, 2.05) is 22.7 Å². The predicted octanol–water partition coefficient (Wildman–Crippen LogP) is 2.04. The molecule has 0 saturated heterocycles. The molecule has 3 heteroatoms. The Morgan fingerprint density at radius 3 is 2.85 bits per heavy atom. The molecule has 2 N–H and O–H groups in total. The van der Waals surface area contributed by atoms with E-state index >= 15 is 0 Å². The number of nitrogen functional groups attached to an aromatic ring is 1. The van der Waals surface area contributed by atoms with Gasteiger partial charge < -0.3 is 5.73 Å². The quantitative estimate of drug-likeness (QED) is 0.720. The molecule has 0 fully saturated rings. The lowest BCUT2D eigenvalue weighted by Gasteiger charge is -2.06. The first-order chi connectivity index (χ1) is 6.18. The van der Waals surface area contributed by atoms with Crippen LogP contribution in [0.25, 0.3) is 5.52 Å². The number of anilines is 1. The topological polar surface area (TPSA) is 43.3 Å². The van der Waals surface area contributed by atoms with Gasteiger partial charge in [0.2, 0.25) is 0 Å². The highest BCUT2D eigenvalue weighted by Gasteiger charge is 2.05. The van der Waals surface area contributed by atoms with E-state index in [1.165, 1.54) is 5.69 Å². The number of nitrogens with two attached hydrogens (primary N) is 1. The molecule has 68 valence electrons. The summed E-state index contributed by atoms with van der Waals surface area (Å²) in [4.78, 5) is 0. The van der Waals surface area contributed by atoms with Gasteiger partial charge in [-0.1, -0.05) is 19.9 Å². The zero-order valence-corrected chi connectivity index (χ0v) is 7.86. The normalized spacial score (nSPS) is 11.3. The molecule has 0 unspecified atom stereocenters. The maximum Gasteiger partial charge on any atom is 0.146 e. The Morgan fingerprint density at radius 1 is 1.38 bits per heavy atom. The number of fused-ring (bicyclic) bond motifs is 1. The van der Waals surface area contributed by atoms with Crippen molar-refractivity contribution in [1.82, 2.24) is 9.61 Å². The molecule has 0 atom stereocenters. The number of hydrogen-bond acceptors (Lipinski definition) is 2. The Balaban J connectivity index is 2.75. The molecule has 0 aliphatic carbocycles.